The Balaban J connectivity index is 2.67. The van der Waals surface area contributed by atoms with Crippen LogP contribution in [-0.4, -0.2) is 0 Å². The Kier molecular flexibility index (Phi) is 4.27. The van der Waals surface area contributed by atoms with Crippen LogP contribution in [0.1, 0.15) is 59.3 Å². The lowest BCUT2D eigenvalue weighted by molar-refractivity contribution is 0.778. The molecule has 1 rings (SSSR count). The van der Waals surface area contributed by atoms with Gasteiger partial charge in [0.2, 0.25) is 0 Å². The van der Waals surface area contributed by atoms with Gasteiger partial charge < -0.3 is 0 Å². The molecule has 0 atom stereocenters. The zero-order valence-electron chi connectivity index (χ0n) is 9.32. The molecule has 74 valence electrons. The van der Waals surface area contributed by atoms with E-state index in [0.717, 1.165) is 0 Å². The standard InChI is InChI=1S/C13H22/c1-4-5-9-13-10-11(2)7-6-8-12(13)3/h10H,4-9H2,1-3H3. The molecule has 0 bridgehead atoms. The maximum Gasteiger partial charge on any atom is -0.0280 e. The minimum atomic E-state index is 1.29. The smallest absolute Gasteiger partial charge is 0.0280 e. The second-order valence-corrected chi connectivity index (χ2v) is 4.25. The van der Waals surface area contributed by atoms with Crippen LogP contribution in [0.5, 0.6) is 0 Å². The summed E-state index contributed by atoms with van der Waals surface area (Å²) in [5, 5.41) is 0. The van der Waals surface area contributed by atoms with Crippen LogP contribution < -0.4 is 0 Å². The van der Waals surface area contributed by atoms with Crippen LogP contribution in [0.25, 0.3) is 0 Å². The molecule has 0 aromatic heterocycles. The number of hydrogen-bond donors (Lipinski definition) is 0. The first kappa shape index (κ1) is 10.6. The molecule has 0 saturated carbocycles. The predicted molar refractivity (Wildman–Crippen MR) is 59.8 cm³/mol. The first-order valence-corrected chi connectivity index (χ1v) is 5.60. The highest BCUT2D eigenvalue weighted by molar-refractivity contribution is 5.29. The molecule has 0 fully saturated rings. The molecule has 13 heavy (non-hydrogen) atoms. The fourth-order valence-electron chi connectivity index (χ4n) is 1.94. The van der Waals surface area contributed by atoms with Crippen molar-refractivity contribution in [2.75, 3.05) is 0 Å². The Morgan fingerprint density at radius 1 is 1.23 bits per heavy atom. The van der Waals surface area contributed by atoms with Crippen LogP contribution in [-0.2, 0) is 0 Å². The molecule has 0 aromatic rings. The van der Waals surface area contributed by atoms with Crippen molar-refractivity contribution in [3.8, 4) is 0 Å². The molecule has 0 saturated heterocycles. The van der Waals surface area contributed by atoms with Gasteiger partial charge in [-0.05, 0) is 51.5 Å². The molecule has 0 aliphatic heterocycles. The van der Waals surface area contributed by atoms with E-state index < -0.39 is 0 Å². The van der Waals surface area contributed by atoms with Gasteiger partial charge in [-0.1, -0.05) is 30.6 Å². The van der Waals surface area contributed by atoms with E-state index in [1.54, 1.807) is 16.7 Å². The van der Waals surface area contributed by atoms with E-state index in [1.807, 2.05) is 0 Å². The largest absolute Gasteiger partial charge is 0.0730 e. The van der Waals surface area contributed by atoms with Crippen LogP contribution in [0.4, 0.5) is 0 Å². The highest BCUT2D eigenvalue weighted by atomic mass is 14.1. The average Bonchev–Trinajstić information content (AvgIpc) is 2.25. The van der Waals surface area contributed by atoms with E-state index in [1.165, 1.54) is 38.5 Å². The van der Waals surface area contributed by atoms with Gasteiger partial charge in [0.25, 0.3) is 0 Å². The molecule has 0 heterocycles. The fourth-order valence-corrected chi connectivity index (χ4v) is 1.94. The molecule has 0 aromatic carbocycles. The highest BCUT2D eigenvalue weighted by Crippen LogP contribution is 2.25. The van der Waals surface area contributed by atoms with Crippen molar-refractivity contribution in [3.05, 3.63) is 22.8 Å². The number of hydrogen-bond acceptors (Lipinski definition) is 0. The zero-order chi connectivity index (χ0) is 9.68. The minimum Gasteiger partial charge on any atom is -0.0730 e. The Labute approximate surface area is 82.7 Å². The van der Waals surface area contributed by atoms with Gasteiger partial charge in [0.05, 0.1) is 0 Å². The number of unbranched alkanes of at least 4 members (excludes halogenated alkanes) is 1. The third-order valence-corrected chi connectivity index (χ3v) is 2.89. The molecule has 0 radical (unpaired) electrons. The predicted octanol–water partition coefficient (Wildman–Crippen LogP) is 4.62. The SMILES string of the molecule is CCCCC1=C(C)CCCC(C)=C1. The van der Waals surface area contributed by atoms with Crippen molar-refractivity contribution >= 4 is 0 Å². The molecule has 1 aliphatic rings. The fraction of sp³-hybridized carbons (Fsp3) is 0.692. The molecular formula is C13H22. The van der Waals surface area contributed by atoms with Crippen molar-refractivity contribution < 1.29 is 0 Å². The van der Waals surface area contributed by atoms with Crippen molar-refractivity contribution in [2.45, 2.75) is 59.3 Å². The molecule has 0 nitrogen and oxygen atoms in total. The van der Waals surface area contributed by atoms with Crippen LogP contribution in [0.15, 0.2) is 22.8 Å². The molecule has 0 heteroatoms. The maximum atomic E-state index is 2.43. The van der Waals surface area contributed by atoms with Gasteiger partial charge in [-0.15, -0.1) is 0 Å². The summed E-state index contributed by atoms with van der Waals surface area (Å²) < 4.78 is 0. The molecule has 0 N–H and O–H groups in total. The highest BCUT2D eigenvalue weighted by Gasteiger charge is 2.05. The second-order valence-electron chi connectivity index (χ2n) is 4.25. The van der Waals surface area contributed by atoms with Crippen LogP contribution in [0.3, 0.4) is 0 Å². The van der Waals surface area contributed by atoms with E-state index in [2.05, 4.69) is 26.8 Å². The normalized spacial score (nSPS) is 18.5. The van der Waals surface area contributed by atoms with Crippen molar-refractivity contribution in [3.63, 3.8) is 0 Å². The average molecular weight is 178 g/mol. The van der Waals surface area contributed by atoms with Crippen molar-refractivity contribution in [2.24, 2.45) is 0 Å². The summed E-state index contributed by atoms with van der Waals surface area (Å²) in [6.45, 7) is 6.84. The summed E-state index contributed by atoms with van der Waals surface area (Å²) >= 11 is 0. The van der Waals surface area contributed by atoms with E-state index in [9.17, 15) is 0 Å². The van der Waals surface area contributed by atoms with Crippen LogP contribution in [0, 0.1) is 0 Å². The molecule has 0 unspecified atom stereocenters. The summed E-state index contributed by atoms with van der Waals surface area (Å²) in [5.41, 5.74) is 4.82. The third kappa shape index (κ3) is 3.38. The van der Waals surface area contributed by atoms with Gasteiger partial charge in [-0.3, -0.25) is 0 Å². The van der Waals surface area contributed by atoms with E-state index in [-0.39, 0.29) is 0 Å². The Hall–Kier alpha value is -0.520. The first-order valence-electron chi connectivity index (χ1n) is 5.60. The second kappa shape index (κ2) is 5.26. The summed E-state index contributed by atoms with van der Waals surface area (Å²) in [4.78, 5) is 0. The topological polar surface area (TPSA) is 0 Å². The van der Waals surface area contributed by atoms with E-state index in [0.29, 0.717) is 0 Å². The molecular weight excluding hydrogens is 156 g/mol. The van der Waals surface area contributed by atoms with Crippen molar-refractivity contribution in [1.82, 2.24) is 0 Å². The van der Waals surface area contributed by atoms with E-state index in [4.69, 9.17) is 0 Å². The third-order valence-electron chi connectivity index (χ3n) is 2.89. The number of allylic oxidation sites excluding steroid dienone is 4. The lowest BCUT2D eigenvalue weighted by atomic mass is 10.0. The van der Waals surface area contributed by atoms with Gasteiger partial charge >= 0.3 is 0 Å². The summed E-state index contributed by atoms with van der Waals surface area (Å²) in [5.74, 6) is 0. The summed E-state index contributed by atoms with van der Waals surface area (Å²) in [6, 6.07) is 0. The first-order chi connectivity index (χ1) is 6.24. The van der Waals surface area contributed by atoms with Gasteiger partial charge in [-0.25, -0.2) is 0 Å². The van der Waals surface area contributed by atoms with E-state index >= 15 is 0 Å². The lowest BCUT2D eigenvalue weighted by Gasteiger charge is -2.05. The Morgan fingerprint density at radius 2 is 2.00 bits per heavy atom. The molecule has 0 spiro atoms. The van der Waals surface area contributed by atoms with Crippen molar-refractivity contribution in [1.29, 1.82) is 0 Å². The quantitative estimate of drug-likeness (QED) is 0.591. The minimum absolute atomic E-state index is 1.29. The van der Waals surface area contributed by atoms with Crippen LogP contribution >= 0.6 is 0 Å². The Morgan fingerprint density at radius 3 is 2.69 bits per heavy atom. The number of rotatable bonds is 3. The maximum absolute atomic E-state index is 2.43. The van der Waals surface area contributed by atoms with Crippen LogP contribution in [0.2, 0.25) is 0 Å². The van der Waals surface area contributed by atoms with Gasteiger partial charge in [0.1, 0.15) is 0 Å². The van der Waals surface area contributed by atoms with Gasteiger partial charge in [0, 0.05) is 0 Å². The molecule has 0 amide bonds. The van der Waals surface area contributed by atoms with Gasteiger partial charge in [0.15, 0.2) is 0 Å². The lowest BCUT2D eigenvalue weighted by Crippen LogP contribution is -1.85. The van der Waals surface area contributed by atoms with Gasteiger partial charge in [-0.2, -0.15) is 0 Å². The Bertz CT molecular complexity index is 218. The molecule has 1 aliphatic carbocycles. The zero-order valence-corrected chi connectivity index (χ0v) is 9.32. The summed E-state index contributed by atoms with van der Waals surface area (Å²) in [6.07, 6.45) is 10.3. The summed E-state index contributed by atoms with van der Waals surface area (Å²) in [7, 11) is 0. The monoisotopic (exact) mass is 178 g/mol.